The second-order valence-electron chi connectivity index (χ2n) is 15.3. The molecule has 0 heterocycles. The van der Waals surface area contributed by atoms with Crippen LogP contribution in [0.2, 0.25) is 0 Å². The monoisotopic (exact) mass is 679 g/mol. The average molecular weight is 679 g/mol. The Morgan fingerprint density at radius 2 is 0.646 bits per heavy atom. The molecule has 4 nitrogen and oxygen atoms in total. The lowest BCUT2D eigenvalue weighted by molar-refractivity contribution is -0.153. The normalized spacial score (nSPS) is 12.0. The summed E-state index contributed by atoms with van der Waals surface area (Å²) in [5.41, 5.74) is 0. The van der Waals surface area contributed by atoms with Gasteiger partial charge in [-0.3, -0.25) is 9.59 Å². The van der Waals surface area contributed by atoms with Crippen molar-refractivity contribution in [2.24, 2.45) is 0 Å². The minimum Gasteiger partial charge on any atom is -0.481 e. The summed E-state index contributed by atoms with van der Waals surface area (Å²) in [5, 5.41) is 9.29. The highest BCUT2D eigenvalue weighted by Gasteiger charge is 2.17. The largest absolute Gasteiger partial charge is 0.481 e. The Labute approximate surface area is 301 Å². The first-order valence-corrected chi connectivity index (χ1v) is 22.0. The fourth-order valence-corrected chi connectivity index (χ4v) is 7.09. The van der Waals surface area contributed by atoms with Crippen molar-refractivity contribution in [2.45, 2.75) is 270 Å². The van der Waals surface area contributed by atoms with Gasteiger partial charge in [0.1, 0.15) is 6.10 Å². The molecule has 0 radical (unpaired) electrons. The van der Waals surface area contributed by atoms with Gasteiger partial charge in [-0.15, -0.1) is 0 Å². The number of carbonyl (C=O) groups is 2. The number of hydrogen-bond donors (Lipinski definition) is 1. The molecule has 0 aliphatic carbocycles. The van der Waals surface area contributed by atoms with Crippen molar-refractivity contribution in [3.63, 3.8) is 0 Å². The first-order chi connectivity index (χ1) is 23.6. The van der Waals surface area contributed by atoms with Gasteiger partial charge in [0.25, 0.3) is 0 Å². The number of carboxylic acid groups (broad SMARTS) is 1. The van der Waals surface area contributed by atoms with Crippen molar-refractivity contribution in [2.75, 3.05) is 0 Å². The molecule has 0 aliphatic heterocycles. The fourth-order valence-electron chi connectivity index (χ4n) is 7.09. The number of ether oxygens (including phenoxy) is 1. The van der Waals surface area contributed by atoms with E-state index in [1.807, 2.05) is 0 Å². The van der Waals surface area contributed by atoms with Gasteiger partial charge in [-0.25, -0.2) is 0 Å². The van der Waals surface area contributed by atoms with Gasteiger partial charge in [-0.05, 0) is 19.3 Å². The maximum absolute atomic E-state index is 12.4. The van der Waals surface area contributed by atoms with Crippen LogP contribution >= 0.6 is 0 Å². The van der Waals surface area contributed by atoms with Crippen molar-refractivity contribution < 1.29 is 19.4 Å². The Bertz CT molecular complexity index is 648. The molecular formula is C44H86O4. The summed E-state index contributed by atoms with van der Waals surface area (Å²) in [5.74, 6) is -1.08. The van der Waals surface area contributed by atoms with Gasteiger partial charge in [-0.1, -0.05) is 232 Å². The number of hydrogen-bond acceptors (Lipinski definition) is 3. The Kier molecular flexibility index (Phi) is 39.5. The zero-order chi connectivity index (χ0) is 35.0. The molecule has 0 amide bonds. The minimum absolute atomic E-state index is 0.0657. The van der Waals surface area contributed by atoms with Gasteiger partial charge < -0.3 is 9.84 Å². The molecule has 286 valence electrons. The standard InChI is InChI=1S/C44H86O4/c1-3-5-7-9-11-13-15-17-19-21-22-24-26-28-30-32-34-36-38-40-44(47)48-42(41-43(45)46)39-37-35-33-31-29-27-25-23-20-18-16-14-12-10-8-6-4-2/h42H,3-41H2,1-2H3,(H,45,46). The first kappa shape index (κ1) is 46.9. The molecule has 4 heteroatoms. The molecule has 1 unspecified atom stereocenters. The van der Waals surface area contributed by atoms with E-state index in [1.54, 1.807) is 0 Å². The highest BCUT2D eigenvalue weighted by atomic mass is 16.5. The van der Waals surface area contributed by atoms with E-state index in [1.165, 1.54) is 205 Å². The van der Waals surface area contributed by atoms with Crippen LogP contribution in [0.3, 0.4) is 0 Å². The van der Waals surface area contributed by atoms with Crippen molar-refractivity contribution in [1.29, 1.82) is 0 Å². The molecule has 0 aromatic carbocycles. The zero-order valence-electron chi connectivity index (χ0n) is 32.8. The number of aliphatic carboxylic acids is 1. The van der Waals surface area contributed by atoms with Crippen molar-refractivity contribution in [3.8, 4) is 0 Å². The van der Waals surface area contributed by atoms with E-state index in [-0.39, 0.29) is 12.4 Å². The number of unbranched alkanes of at least 4 members (excludes halogenated alkanes) is 34. The Hall–Kier alpha value is -1.06. The van der Waals surface area contributed by atoms with Gasteiger partial charge in [0.15, 0.2) is 0 Å². The molecule has 0 spiro atoms. The third-order valence-corrected chi connectivity index (χ3v) is 10.3. The predicted octanol–water partition coefficient (Wildman–Crippen LogP) is 15.2. The van der Waals surface area contributed by atoms with E-state index >= 15 is 0 Å². The molecule has 0 saturated heterocycles. The lowest BCUT2D eigenvalue weighted by Gasteiger charge is -2.16. The van der Waals surface area contributed by atoms with Crippen molar-refractivity contribution >= 4 is 11.9 Å². The van der Waals surface area contributed by atoms with E-state index in [2.05, 4.69) is 13.8 Å². The quantitative estimate of drug-likeness (QED) is 0.0516. The molecule has 0 aliphatic rings. The maximum atomic E-state index is 12.4. The SMILES string of the molecule is CCCCCCCCCCCCCCCCCCCCCC(=O)OC(CCCCCCCCCCCCCCCCCCC)CC(=O)O. The van der Waals surface area contributed by atoms with Crippen LogP contribution in [0.5, 0.6) is 0 Å². The van der Waals surface area contributed by atoms with Gasteiger partial charge >= 0.3 is 11.9 Å². The van der Waals surface area contributed by atoms with Crippen LogP contribution in [-0.4, -0.2) is 23.1 Å². The lowest BCUT2D eigenvalue weighted by Crippen LogP contribution is -2.21. The van der Waals surface area contributed by atoms with Crippen LogP contribution < -0.4 is 0 Å². The summed E-state index contributed by atoms with van der Waals surface area (Å²) < 4.78 is 5.61. The van der Waals surface area contributed by atoms with Gasteiger partial charge in [-0.2, -0.15) is 0 Å². The topological polar surface area (TPSA) is 63.6 Å². The third-order valence-electron chi connectivity index (χ3n) is 10.3. The molecule has 0 rings (SSSR count). The van der Waals surface area contributed by atoms with Gasteiger partial charge in [0.2, 0.25) is 0 Å². The van der Waals surface area contributed by atoms with Crippen LogP contribution in [-0.2, 0) is 14.3 Å². The molecule has 0 aromatic heterocycles. The highest BCUT2D eigenvalue weighted by molar-refractivity contribution is 5.71. The predicted molar refractivity (Wildman–Crippen MR) is 209 cm³/mol. The number of carbonyl (C=O) groups excluding carboxylic acids is 1. The summed E-state index contributed by atoms with van der Waals surface area (Å²) in [6.07, 6.45) is 48.6. The third kappa shape index (κ3) is 39.4. The van der Waals surface area contributed by atoms with E-state index in [0.29, 0.717) is 12.8 Å². The van der Waals surface area contributed by atoms with Crippen LogP contribution in [0.15, 0.2) is 0 Å². The molecule has 0 aromatic rings. The Morgan fingerprint density at radius 3 is 0.917 bits per heavy atom. The summed E-state index contributed by atoms with van der Waals surface area (Å²) in [6.45, 7) is 4.57. The van der Waals surface area contributed by atoms with Gasteiger partial charge in [0, 0.05) is 6.42 Å². The van der Waals surface area contributed by atoms with Crippen LogP contribution in [0, 0.1) is 0 Å². The summed E-state index contributed by atoms with van der Waals surface area (Å²) >= 11 is 0. The molecular weight excluding hydrogens is 592 g/mol. The number of carboxylic acids is 1. The van der Waals surface area contributed by atoms with E-state index in [9.17, 15) is 14.7 Å². The smallest absolute Gasteiger partial charge is 0.307 e. The second kappa shape index (κ2) is 40.4. The van der Waals surface area contributed by atoms with Crippen LogP contribution in [0.4, 0.5) is 0 Å². The van der Waals surface area contributed by atoms with Gasteiger partial charge in [0.05, 0.1) is 6.42 Å². The molecule has 0 fully saturated rings. The lowest BCUT2D eigenvalue weighted by atomic mass is 10.0. The zero-order valence-corrected chi connectivity index (χ0v) is 32.8. The first-order valence-electron chi connectivity index (χ1n) is 22.0. The maximum Gasteiger partial charge on any atom is 0.307 e. The second-order valence-corrected chi connectivity index (χ2v) is 15.3. The summed E-state index contributed by atoms with van der Waals surface area (Å²) in [6, 6.07) is 0. The Morgan fingerprint density at radius 1 is 0.396 bits per heavy atom. The highest BCUT2D eigenvalue weighted by Crippen LogP contribution is 2.18. The van der Waals surface area contributed by atoms with Crippen molar-refractivity contribution in [1.82, 2.24) is 0 Å². The summed E-state index contributed by atoms with van der Waals surface area (Å²) in [4.78, 5) is 23.7. The van der Waals surface area contributed by atoms with E-state index in [0.717, 1.165) is 25.7 Å². The molecule has 48 heavy (non-hydrogen) atoms. The Balaban J connectivity index is 3.55. The minimum atomic E-state index is -0.872. The number of rotatable bonds is 41. The van der Waals surface area contributed by atoms with Crippen LogP contribution in [0.25, 0.3) is 0 Å². The summed E-state index contributed by atoms with van der Waals surface area (Å²) in [7, 11) is 0. The van der Waals surface area contributed by atoms with Crippen molar-refractivity contribution in [3.05, 3.63) is 0 Å². The molecule has 1 atom stereocenters. The number of esters is 1. The van der Waals surface area contributed by atoms with Crippen LogP contribution in [0.1, 0.15) is 264 Å². The van der Waals surface area contributed by atoms with E-state index < -0.39 is 12.1 Å². The average Bonchev–Trinajstić information content (AvgIpc) is 3.06. The molecule has 1 N–H and O–H groups in total. The fraction of sp³-hybridized carbons (Fsp3) is 0.955. The molecule has 0 saturated carbocycles. The van der Waals surface area contributed by atoms with E-state index in [4.69, 9.17) is 4.74 Å². The molecule has 0 bridgehead atoms.